The lowest BCUT2D eigenvalue weighted by molar-refractivity contribution is 0.122. The Morgan fingerprint density at radius 1 is 0.750 bits per heavy atom. The number of hydrogen-bond donors (Lipinski definition) is 0. The molecule has 1 fully saturated rings. The number of ether oxygens (including phenoxy) is 1. The number of morpholine rings is 1. The Kier molecular flexibility index (Phi) is 5.74. The first-order valence-electron chi connectivity index (χ1n) is 9.81. The fourth-order valence-corrected chi connectivity index (χ4v) is 3.43. The van der Waals surface area contributed by atoms with Crippen LogP contribution in [-0.2, 0) is 4.74 Å². The van der Waals surface area contributed by atoms with Crippen LogP contribution in [0.3, 0.4) is 0 Å². The Balaban J connectivity index is 0.000000233. The third kappa shape index (κ3) is 4.44. The van der Waals surface area contributed by atoms with Crippen molar-refractivity contribution < 1.29 is 4.74 Å². The van der Waals surface area contributed by atoms with Crippen molar-refractivity contribution in [2.24, 2.45) is 0 Å². The largest absolute Gasteiger partial charge is 0.378 e. The van der Waals surface area contributed by atoms with E-state index >= 15 is 0 Å². The van der Waals surface area contributed by atoms with Crippen LogP contribution in [0.5, 0.6) is 0 Å². The molecule has 1 aliphatic heterocycles. The monoisotopic (exact) mass is 370 g/mol. The summed E-state index contributed by atoms with van der Waals surface area (Å²) in [4.78, 5) is 2.38. The molecule has 142 valence electrons. The van der Waals surface area contributed by atoms with Crippen molar-refractivity contribution in [3.63, 3.8) is 0 Å². The molecule has 0 amide bonds. The van der Waals surface area contributed by atoms with Crippen LogP contribution in [-0.4, -0.2) is 30.7 Å². The number of aryl methyl sites for hydroxylation is 1. The summed E-state index contributed by atoms with van der Waals surface area (Å²) in [7, 11) is 0. The number of nitrogens with zero attached hydrogens (tertiary/aromatic N) is 2. The van der Waals surface area contributed by atoms with E-state index in [0.29, 0.717) is 0 Å². The first kappa shape index (κ1) is 18.3. The van der Waals surface area contributed by atoms with Gasteiger partial charge in [-0.1, -0.05) is 54.1 Å². The van der Waals surface area contributed by atoms with Gasteiger partial charge in [0.15, 0.2) is 0 Å². The number of benzene rings is 2. The Bertz CT molecular complexity index is 967. The lowest BCUT2D eigenvalue weighted by Crippen LogP contribution is -2.36. The van der Waals surface area contributed by atoms with Crippen LogP contribution in [0.2, 0.25) is 0 Å². The summed E-state index contributed by atoms with van der Waals surface area (Å²) in [6.45, 7) is 5.70. The number of pyridine rings is 1. The van der Waals surface area contributed by atoms with E-state index in [9.17, 15) is 0 Å². The molecular formula is C25H26N2O. The minimum atomic E-state index is 0.826. The molecular weight excluding hydrogens is 344 g/mol. The molecule has 5 rings (SSSR count). The van der Waals surface area contributed by atoms with Crippen molar-refractivity contribution in [2.45, 2.75) is 6.92 Å². The quantitative estimate of drug-likeness (QED) is 0.467. The molecule has 0 unspecified atom stereocenters. The molecule has 3 heteroatoms. The van der Waals surface area contributed by atoms with Gasteiger partial charge >= 0.3 is 0 Å². The lowest BCUT2D eigenvalue weighted by atomic mass is 10.1. The molecule has 28 heavy (non-hydrogen) atoms. The number of anilines is 1. The van der Waals surface area contributed by atoms with Crippen LogP contribution < -0.4 is 4.90 Å². The average molecular weight is 370 g/mol. The summed E-state index contributed by atoms with van der Waals surface area (Å²) >= 11 is 0. The van der Waals surface area contributed by atoms with Gasteiger partial charge in [0.2, 0.25) is 0 Å². The van der Waals surface area contributed by atoms with Gasteiger partial charge in [0.25, 0.3) is 0 Å². The standard InChI is InChI=1S/C18H18N2O.C7H8/c1-2-8-20-14-16(13-18(20)3-1)15-4-6-17(7-5-15)19-9-11-21-12-10-19;1-7-5-3-2-4-6-7/h1-8,13-14H,9-12H2;2-6H,1H3. The Morgan fingerprint density at radius 2 is 1.46 bits per heavy atom. The normalized spacial score (nSPS) is 13.8. The molecule has 0 atom stereocenters. The smallest absolute Gasteiger partial charge is 0.0642 e. The summed E-state index contributed by atoms with van der Waals surface area (Å²) in [6.07, 6.45) is 4.26. The molecule has 0 spiro atoms. The Hall–Kier alpha value is -3.04. The number of fused-ring (bicyclic) bond motifs is 1. The summed E-state index contributed by atoms with van der Waals surface area (Å²) < 4.78 is 7.56. The third-order valence-electron chi connectivity index (χ3n) is 5.02. The maximum absolute atomic E-state index is 5.40. The molecule has 3 heterocycles. The van der Waals surface area contributed by atoms with Crippen LogP contribution in [0.15, 0.2) is 91.3 Å². The maximum Gasteiger partial charge on any atom is 0.0642 e. The van der Waals surface area contributed by atoms with Gasteiger partial charge in [0.05, 0.1) is 13.2 Å². The van der Waals surface area contributed by atoms with Crippen LogP contribution in [0.4, 0.5) is 5.69 Å². The Morgan fingerprint density at radius 3 is 2.11 bits per heavy atom. The molecule has 0 radical (unpaired) electrons. The predicted octanol–water partition coefficient (Wildman–Crippen LogP) is 5.44. The van der Waals surface area contributed by atoms with E-state index < -0.39 is 0 Å². The van der Waals surface area contributed by atoms with E-state index in [-0.39, 0.29) is 0 Å². The van der Waals surface area contributed by atoms with E-state index in [4.69, 9.17) is 4.74 Å². The topological polar surface area (TPSA) is 16.9 Å². The van der Waals surface area contributed by atoms with Crippen LogP contribution in [0.25, 0.3) is 16.6 Å². The molecule has 4 aromatic rings. The second-order valence-electron chi connectivity index (χ2n) is 7.06. The van der Waals surface area contributed by atoms with E-state index in [1.807, 2.05) is 18.2 Å². The third-order valence-corrected chi connectivity index (χ3v) is 5.02. The minimum absolute atomic E-state index is 0.826. The fraction of sp³-hybridized carbons (Fsp3) is 0.200. The molecule has 0 N–H and O–H groups in total. The van der Waals surface area contributed by atoms with Crippen LogP contribution in [0, 0.1) is 6.92 Å². The molecule has 2 aromatic heterocycles. The lowest BCUT2D eigenvalue weighted by Gasteiger charge is -2.28. The highest BCUT2D eigenvalue weighted by molar-refractivity contribution is 5.71. The van der Waals surface area contributed by atoms with Crippen molar-refractivity contribution in [1.82, 2.24) is 4.40 Å². The van der Waals surface area contributed by atoms with E-state index in [1.54, 1.807) is 0 Å². The van der Waals surface area contributed by atoms with Crippen molar-refractivity contribution in [3.8, 4) is 11.1 Å². The molecule has 2 aromatic carbocycles. The SMILES string of the molecule is Cc1ccccc1.c1ccn2cc(-c3ccc(N4CCOCC4)cc3)cc2c1. The van der Waals surface area contributed by atoms with Crippen molar-refractivity contribution in [2.75, 3.05) is 31.2 Å². The highest BCUT2D eigenvalue weighted by Crippen LogP contribution is 2.25. The van der Waals surface area contributed by atoms with Gasteiger partial charge in [-0.05, 0) is 42.8 Å². The van der Waals surface area contributed by atoms with Crippen molar-refractivity contribution in [3.05, 3.63) is 96.8 Å². The van der Waals surface area contributed by atoms with Gasteiger partial charge in [0, 0.05) is 42.3 Å². The van der Waals surface area contributed by atoms with Crippen molar-refractivity contribution in [1.29, 1.82) is 0 Å². The molecule has 1 saturated heterocycles. The average Bonchev–Trinajstić information content (AvgIpc) is 3.20. The highest BCUT2D eigenvalue weighted by Gasteiger charge is 2.11. The van der Waals surface area contributed by atoms with Crippen LogP contribution in [0.1, 0.15) is 5.56 Å². The summed E-state index contributed by atoms with van der Waals surface area (Å²) in [6, 6.07) is 27.6. The Labute approximate surface area is 166 Å². The first-order valence-corrected chi connectivity index (χ1v) is 9.81. The summed E-state index contributed by atoms with van der Waals surface area (Å²) in [5, 5.41) is 0. The van der Waals surface area contributed by atoms with Crippen LogP contribution >= 0.6 is 0 Å². The van der Waals surface area contributed by atoms with Gasteiger partial charge in [-0.3, -0.25) is 0 Å². The predicted molar refractivity (Wildman–Crippen MR) is 117 cm³/mol. The van der Waals surface area contributed by atoms with Gasteiger partial charge in [0.1, 0.15) is 0 Å². The molecule has 0 bridgehead atoms. The van der Waals surface area contributed by atoms with E-state index in [1.165, 1.54) is 27.9 Å². The van der Waals surface area contributed by atoms with E-state index in [0.717, 1.165) is 26.3 Å². The van der Waals surface area contributed by atoms with Gasteiger partial charge in [-0.15, -0.1) is 0 Å². The first-order chi connectivity index (χ1) is 13.8. The number of rotatable bonds is 2. The summed E-state index contributed by atoms with van der Waals surface area (Å²) in [5.74, 6) is 0. The number of hydrogen-bond acceptors (Lipinski definition) is 2. The second kappa shape index (κ2) is 8.77. The second-order valence-corrected chi connectivity index (χ2v) is 7.06. The molecule has 0 aliphatic carbocycles. The summed E-state index contributed by atoms with van der Waals surface area (Å²) in [5.41, 5.74) is 6.35. The minimum Gasteiger partial charge on any atom is -0.378 e. The van der Waals surface area contributed by atoms with Gasteiger partial charge in [-0.2, -0.15) is 0 Å². The molecule has 3 nitrogen and oxygen atoms in total. The van der Waals surface area contributed by atoms with Gasteiger partial charge in [-0.25, -0.2) is 0 Å². The maximum atomic E-state index is 5.40. The zero-order chi connectivity index (χ0) is 19.2. The van der Waals surface area contributed by atoms with Gasteiger partial charge < -0.3 is 14.0 Å². The zero-order valence-electron chi connectivity index (χ0n) is 16.3. The fourth-order valence-electron chi connectivity index (χ4n) is 3.43. The highest BCUT2D eigenvalue weighted by atomic mass is 16.5. The molecule has 1 aliphatic rings. The zero-order valence-corrected chi connectivity index (χ0v) is 16.3. The number of aromatic nitrogens is 1. The molecule has 0 saturated carbocycles. The van der Waals surface area contributed by atoms with Crippen molar-refractivity contribution >= 4 is 11.2 Å². The van der Waals surface area contributed by atoms with E-state index in [2.05, 4.69) is 89.3 Å².